The molecule has 0 rings (SSSR count). The predicted octanol–water partition coefficient (Wildman–Crippen LogP) is 1.99. The van der Waals surface area contributed by atoms with Crippen molar-refractivity contribution < 1.29 is 0 Å². The number of nitrogens with zero attached hydrogens (tertiary/aromatic N) is 2. The van der Waals surface area contributed by atoms with Gasteiger partial charge in [0, 0.05) is 6.54 Å². The van der Waals surface area contributed by atoms with Crippen molar-refractivity contribution in [1.29, 1.82) is 5.26 Å². The average molecular weight is 211 g/mol. The molecular formula is C12H25N3. The van der Waals surface area contributed by atoms with Gasteiger partial charge in [0.25, 0.3) is 0 Å². The Morgan fingerprint density at radius 3 is 2.47 bits per heavy atom. The van der Waals surface area contributed by atoms with Crippen molar-refractivity contribution in [2.45, 2.75) is 46.1 Å². The first-order chi connectivity index (χ1) is 6.91. The molecule has 88 valence electrons. The minimum Gasteiger partial charge on any atom is -0.314 e. The van der Waals surface area contributed by atoms with Crippen LogP contribution in [0.4, 0.5) is 0 Å². The second-order valence-corrected chi connectivity index (χ2v) is 4.92. The Hall–Kier alpha value is -0.590. The highest BCUT2D eigenvalue weighted by atomic mass is 15.1. The summed E-state index contributed by atoms with van der Waals surface area (Å²) in [7, 11) is 0. The topological polar surface area (TPSA) is 53.0 Å². The normalized spacial score (nSPS) is 15.3. The second kappa shape index (κ2) is 6.81. The summed E-state index contributed by atoms with van der Waals surface area (Å²) in [5.41, 5.74) is 5.11. The zero-order valence-corrected chi connectivity index (χ0v) is 10.6. The molecule has 0 radical (unpaired) electrons. The lowest BCUT2D eigenvalue weighted by molar-refractivity contribution is 0.247. The van der Waals surface area contributed by atoms with E-state index in [2.05, 4.69) is 31.7 Å². The Morgan fingerprint density at radius 2 is 2.07 bits per heavy atom. The fourth-order valence-electron chi connectivity index (χ4n) is 1.62. The molecule has 1 unspecified atom stereocenters. The maximum atomic E-state index is 8.77. The van der Waals surface area contributed by atoms with E-state index < -0.39 is 5.54 Å². The maximum Gasteiger partial charge on any atom is 0.101 e. The second-order valence-electron chi connectivity index (χ2n) is 4.92. The van der Waals surface area contributed by atoms with Gasteiger partial charge in [-0.2, -0.15) is 5.26 Å². The molecule has 15 heavy (non-hydrogen) atoms. The van der Waals surface area contributed by atoms with Crippen LogP contribution in [-0.2, 0) is 0 Å². The first kappa shape index (κ1) is 14.4. The van der Waals surface area contributed by atoms with Gasteiger partial charge < -0.3 is 10.6 Å². The van der Waals surface area contributed by atoms with Gasteiger partial charge in [-0.1, -0.05) is 20.8 Å². The van der Waals surface area contributed by atoms with Crippen LogP contribution in [-0.4, -0.2) is 30.1 Å². The third-order valence-corrected chi connectivity index (χ3v) is 2.50. The fraction of sp³-hybridized carbons (Fsp3) is 0.917. The monoisotopic (exact) mass is 211 g/mol. The Balaban J connectivity index is 3.78. The summed E-state index contributed by atoms with van der Waals surface area (Å²) in [6.07, 6.45) is 1.78. The van der Waals surface area contributed by atoms with Crippen molar-refractivity contribution >= 4 is 0 Å². The Morgan fingerprint density at radius 1 is 1.47 bits per heavy atom. The zero-order chi connectivity index (χ0) is 11.9. The smallest absolute Gasteiger partial charge is 0.101 e. The van der Waals surface area contributed by atoms with Gasteiger partial charge in [-0.15, -0.1) is 0 Å². The lowest BCUT2D eigenvalue weighted by atomic mass is 9.99. The SMILES string of the molecule is CCN(CCCC(C)(N)C#N)CC(C)C. The predicted molar refractivity (Wildman–Crippen MR) is 64.4 cm³/mol. The van der Waals surface area contributed by atoms with Crippen molar-refractivity contribution in [2.75, 3.05) is 19.6 Å². The summed E-state index contributed by atoms with van der Waals surface area (Å²) >= 11 is 0. The fourth-order valence-corrected chi connectivity index (χ4v) is 1.62. The summed E-state index contributed by atoms with van der Waals surface area (Å²) in [4.78, 5) is 2.41. The van der Waals surface area contributed by atoms with Crippen LogP contribution in [0.5, 0.6) is 0 Å². The molecule has 1 atom stereocenters. The molecule has 0 aliphatic carbocycles. The van der Waals surface area contributed by atoms with E-state index in [1.54, 1.807) is 6.92 Å². The van der Waals surface area contributed by atoms with E-state index in [1.165, 1.54) is 0 Å². The minimum atomic E-state index is -0.656. The quantitative estimate of drug-likeness (QED) is 0.700. The Kier molecular flexibility index (Phi) is 6.55. The van der Waals surface area contributed by atoms with Crippen LogP contribution >= 0.6 is 0 Å². The third-order valence-electron chi connectivity index (χ3n) is 2.50. The lowest BCUT2D eigenvalue weighted by Gasteiger charge is -2.24. The van der Waals surface area contributed by atoms with E-state index in [4.69, 9.17) is 11.0 Å². The zero-order valence-electron chi connectivity index (χ0n) is 10.6. The van der Waals surface area contributed by atoms with E-state index in [0.717, 1.165) is 32.5 Å². The molecule has 0 aliphatic heterocycles. The molecule has 3 nitrogen and oxygen atoms in total. The van der Waals surface area contributed by atoms with Crippen LogP contribution in [0.15, 0.2) is 0 Å². The first-order valence-corrected chi connectivity index (χ1v) is 5.83. The van der Waals surface area contributed by atoms with E-state index in [-0.39, 0.29) is 0 Å². The molecule has 2 N–H and O–H groups in total. The van der Waals surface area contributed by atoms with Crippen LogP contribution in [0.2, 0.25) is 0 Å². The van der Waals surface area contributed by atoms with Crippen LogP contribution in [0.1, 0.15) is 40.5 Å². The van der Waals surface area contributed by atoms with E-state index in [0.29, 0.717) is 5.92 Å². The summed E-state index contributed by atoms with van der Waals surface area (Å²) in [6, 6.07) is 2.13. The summed E-state index contributed by atoms with van der Waals surface area (Å²) in [5, 5.41) is 8.77. The highest BCUT2D eigenvalue weighted by molar-refractivity contribution is 5.00. The van der Waals surface area contributed by atoms with Gasteiger partial charge in [0.15, 0.2) is 0 Å². The summed E-state index contributed by atoms with van der Waals surface area (Å²) in [6.45, 7) is 11.7. The lowest BCUT2D eigenvalue weighted by Crippen LogP contribution is -2.36. The highest BCUT2D eigenvalue weighted by Gasteiger charge is 2.16. The largest absolute Gasteiger partial charge is 0.314 e. The Labute approximate surface area is 94.2 Å². The molecule has 3 heteroatoms. The summed E-state index contributed by atoms with van der Waals surface area (Å²) < 4.78 is 0. The van der Waals surface area contributed by atoms with Crippen molar-refractivity contribution in [3.63, 3.8) is 0 Å². The van der Waals surface area contributed by atoms with Gasteiger partial charge in [-0.05, 0) is 38.8 Å². The number of nitriles is 1. The molecule has 0 saturated carbocycles. The average Bonchev–Trinajstić information content (AvgIpc) is 2.15. The molecule has 0 aliphatic rings. The molecule has 0 bridgehead atoms. The molecule has 0 heterocycles. The number of hydrogen-bond acceptors (Lipinski definition) is 3. The van der Waals surface area contributed by atoms with Gasteiger partial charge in [-0.3, -0.25) is 0 Å². The summed E-state index contributed by atoms with van der Waals surface area (Å²) in [5.74, 6) is 0.699. The minimum absolute atomic E-state index is 0.656. The third kappa shape index (κ3) is 7.35. The van der Waals surface area contributed by atoms with Gasteiger partial charge in [0.1, 0.15) is 5.54 Å². The van der Waals surface area contributed by atoms with Gasteiger partial charge in [-0.25, -0.2) is 0 Å². The molecule has 0 fully saturated rings. The molecule has 0 spiro atoms. The van der Waals surface area contributed by atoms with Gasteiger partial charge in [0.05, 0.1) is 6.07 Å². The molecular weight excluding hydrogens is 186 g/mol. The van der Waals surface area contributed by atoms with Crippen LogP contribution in [0.25, 0.3) is 0 Å². The van der Waals surface area contributed by atoms with Gasteiger partial charge >= 0.3 is 0 Å². The van der Waals surface area contributed by atoms with Crippen molar-refractivity contribution in [3.8, 4) is 6.07 Å². The Bertz CT molecular complexity index is 203. The molecule has 0 aromatic rings. The molecule has 0 saturated heterocycles. The van der Waals surface area contributed by atoms with E-state index in [9.17, 15) is 0 Å². The van der Waals surface area contributed by atoms with E-state index >= 15 is 0 Å². The first-order valence-electron chi connectivity index (χ1n) is 5.83. The van der Waals surface area contributed by atoms with Crippen LogP contribution in [0, 0.1) is 17.2 Å². The molecule has 0 aromatic heterocycles. The van der Waals surface area contributed by atoms with Crippen molar-refractivity contribution in [3.05, 3.63) is 0 Å². The number of nitrogens with two attached hydrogens (primary N) is 1. The molecule has 0 aromatic carbocycles. The van der Waals surface area contributed by atoms with Crippen LogP contribution in [0.3, 0.4) is 0 Å². The number of hydrogen-bond donors (Lipinski definition) is 1. The standard InChI is InChI=1S/C12H25N3/c1-5-15(9-11(2)3)8-6-7-12(4,14)10-13/h11H,5-9,14H2,1-4H3. The van der Waals surface area contributed by atoms with Crippen molar-refractivity contribution in [2.24, 2.45) is 11.7 Å². The molecule has 0 amide bonds. The maximum absolute atomic E-state index is 8.77. The van der Waals surface area contributed by atoms with Crippen molar-refractivity contribution in [1.82, 2.24) is 4.90 Å². The number of rotatable bonds is 7. The van der Waals surface area contributed by atoms with Gasteiger partial charge in [0.2, 0.25) is 0 Å². The highest BCUT2D eigenvalue weighted by Crippen LogP contribution is 2.08. The van der Waals surface area contributed by atoms with E-state index in [1.807, 2.05) is 0 Å². The van der Waals surface area contributed by atoms with Crippen LogP contribution < -0.4 is 5.73 Å².